The summed E-state index contributed by atoms with van der Waals surface area (Å²) in [4.78, 5) is 20.0. The topological polar surface area (TPSA) is 47.4 Å². The fourth-order valence-electron chi connectivity index (χ4n) is 3.01. The molecule has 0 spiro atoms. The summed E-state index contributed by atoms with van der Waals surface area (Å²) in [5.41, 5.74) is 0. The molecule has 0 radical (unpaired) electrons. The first-order valence-electron chi connectivity index (χ1n) is 7.54. The van der Waals surface area contributed by atoms with Gasteiger partial charge in [0.25, 0.3) is 0 Å². The summed E-state index contributed by atoms with van der Waals surface area (Å²) in [6.45, 7) is 5.31. The van der Waals surface area contributed by atoms with E-state index in [4.69, 9.17) is 4.74 Å². The number of esters is 1. The molecule has 3 rings (SSSR count). The van der Waals surface area contributed by atoms with Gasteiger partial charge in [0.1, 0.15) is 4.88 Å². The van der Waals surface area contributed by atoms with Gasteiger partial charge in [-0.2, -0.15) is 0 Å². The van der Waals surface area contributed by atoms with E-state index in [0.717, 1.165) is 19.6 Å². The number of carbonyl (C=O) groups excluding carboxylic acids is 1. The van der Waals surface area contributed by atoms with Gasteiger partial charge >= 0.3 is 5.97 Å². The van der Waals surface area contributed by atoms with Crippen LogP contribution in [0.1, 0.15) is 33.9 Å². The van der Waals surface area contributed by atoms with Crippen molar-refractivity contribution in [2.45, 2.75) is 25.9 Å². The average Bonchev–Trinajstić information content (AvgIpc) is 3.20. The molecule has 118 valence electrons. The van der Waals surface area contributed by atoms with Gasteiger partial charge in [-0.3, -0.25) is 4.90 Å². The largest absolute Gasteiger partial charge is 0.465 e. The van der Waals surface area contributed by atoms with Crippen LogP contribution in [0.25, 0.3) is 0 Å². The number of likely N-dealkylation sites (tertiary alicyclic amines) is 1. The summed E-state index contributed by atoms with van der Waals surface area (Å²) < 4.78 is 6.98. The highest BCUT2D eigenvalue weighted by atomic mass is 32.1. The predicted molar refractivity (Wildman–Crippen MR) is 86.0 cm³/mol. The lowest BCUT2D eigenvalue weighted by Crippen LogP contribution is -2.39. The number of thiophene rings is 1. The van der Waals surface area contributed by atoms with E-state index in [0.29, 0.717) is 16.8 Å². The molecule has 6 heteroatoms. The summed E-state index contributed by atoms with van der Waals surface area (Å²) in [6.07, 6.45) is 6.97. The Bertz CT molecular complexity index is 623. The Labute approximate surface area is 134 Å². The molecular weight excluding hydrogens is 298 g/mol. The van der Waals surface area contributed by atoms with Gasteiger partial charge in [-0.1, -0.05) is 6.92 Å². The zero-order valence-electron chi connectivity index (χ0n) is 12.9. The van der Waals surface area contributed by atoms with Gasteiger partial charge in [0.2, 0.25) is 0 Å². The molecule has 1 aliphatic rings. The number of methoxy groups -OCH3 is 1. The SMILES string of the molecule is COC(=O)c1ccc(CN2CC[C@@H](C)[C@@H](n3ccnc3)C2)s1. The quantitative estimate of drug-likeness (QED) is 0.813. The van der Waals surface area contributed by atoms with E-state index < -0.39 is 0 Å². The Morgan fingerprint density at radius 2 is 2.36 bits per heavy atom. The fourth-order valence-corrected chi connectivity index (χ4v) is 3.97. The van der Waals surface area contributed by atoms with Crippen molar-refractivity contribution in [2.75, 3.05) is 20.2 Å². The molecule has 0 amide bonds. The van der Waals surface area contributed by atoms with Crippen molar-refractivity contribution in [1.82, 2.24) is 14.5 Å². The Morgan fingerprint density at radius 3 is 3.09 bits per heavy atom. The minimum atomic E-state index is -0.250. The first-order valence-corrected chi connectivity index (χ1v) is 8.36. The van der Waals surface area contributed by atoms with E-state index in [1.165, 1.54) is 29.7 Å². The Morgan fingerprint density at radius 1 is 1.50 bits per heavy atom. The van der Waals surface area contributed by atoms with Gasteiger partial charge in [-0.15, -0.1) is 11.3 Å². The van der Waals surface area contributed by atoms with Crippen molar-refractivity contribution in [3.05, 3.63) is 40.6 Å². The van der Waals surface area contributed by atoms with Crippen LogP contribution in [0.3, 0.4) is 0 Å². The minimum Gasteiger partial charge on any atom is -0.465 e. The molecule has 2 aromatic heterocycles. The molecule has 3 heterocycles. The van der Waals surface area contributed by atoms with Crippen LogP contribution >= 0.6 is 11.3 Å². The summed E-state index contributed by atoms with van der Waals surface area (Å²) in [6, 6.07) is 4.35. The van der Waals surface area contributed by atoms with Crippen molar-refractivity contribution in [1.29, 1.82) is 0 Å². The predicted octanol–water partition coefficient (Wildman–Crippen LogP) is 2.81. The first-order chi connectivity index (χ1) is 10.7. The Hall–Kier alpha value is -1.66. The number of hydrogen-bond donors (Lipinski definition) is 0. The van der Waals surface area contributed by atoms with Crippen molar-refractivity contribution >= 4 is 17.3 Å². The van der Waals surface area contributed by atoms with Crippen LogP contribution in [-0.2, 0) is 11.3 Å². The molecular formula is C16H21N3O2S. The number of piperidine rings is 1. The van der Waals surface area contributed by atoms with Crippen molar-refractivity contribution in [3.63, 3.8) is 0 Å². The molecule has 0 unspecified atom stereocenters. The summed E-state index contributed by atoms with van der Waals surface area (Å²) in [5.74, 6) is 0.402. The summed E-state index contributed by atoms with van der Waals surface area (Å²) in [7, 11) is 1.42. The molecule has 0 aliphatic carbocycles. The second-order valence-corrected chi connectivity index (χ2v) is 7.00. The van der Waals surface area contributed by atoms with Crippen LogP contribution in [0.4, 0.5) is 0 Å². The highest BCUT2D eigenvalue weighted by Crippen LogP contribution is 2.29. The second kappa shape index (κ2) is 6.62. The molecule has 0 aromatic carbocycles. The highest BCUT2D eigenvalue weighted by Gasteiger charge is 2.27. The number of imidazole rings is 1. The number of aromatic nitrogens is 2. The molecule has 1 fully saturated rings. The van der Waals surface area contributed by atoms with Crippen LogP contribution < -0.4 is 0 Å². The lowest BCUT2D eigenvalue weighted by molar-refractivity contribution is 0.0606. The van der Waals surface area contributed by atoms with Gasteiger partial charge < -0.3 is 9.30 Å². The third-order valence-electron chi connectivity index (χ3n) is 4.34. The number of hydrogen-bond acceptors (Lipinski definition) is 5. The minimum absolute atomic E-state index is 0.250. The molecule has 0 N–H and O–H groups in total. The van der Waals surface area contributed by atoms with Crippen molar-refractivity contribution < 1.29 is 9.53 Å². The fraction of sp³-hybridized carbons (Fsp3) is 0.500. The van der Waals surface area contributed by atoms with E-state index in [1.54, 1.807) is 0 Å². The highest BCUT2D eigenvalue weighted by molar-refractivity contribution is 7.13. The molecule has 2 aromatic rings. The Balaban J connectivity index is 1.65. The second-order valence-electron chi connectivity index (χ2n) is 5.84. The van der Waals surface area contributed by atoms with E-state index in [2.05, 4.69) is 21.4 Å². The smallest absolute Gasteiger partial charge is 0.348 e. The lowest BCUT2D eigenvalue weighted by Gasteiger charge is -2.37. The molecule has 2 atom stereocenters. The van der Waals surface area contributed by atoms with Gasteiger partial charge in [0, 0.05) is 36.4 Å². The molecule has 0 saturated carbocycles. The third kappa shape index (κ3) is 3.23. The van der Waals surface area contributed by atoms with Crippen LogP contribution in [0.2, 0.25) is 0 Å². The van der Waals surface area contributed by atoms with Crippen molar-refractivity contribution in [3.8, 4) is 0 Å². The molecule has 1 aliphatic heterocycles. The Kier molecular flexibility index (Phi) is 4.59. The average molecular weight is 319 g/mol. The molecule has 0 bridgehead atoms. The molecule has 22 heavy (non-hydrogen) atoms. The monoisotopic (exact) mass is 319 g/mol. The van der Waals surface area contributed by atoms with Crippen molar-refractivity contribution in [2.24, 2.45) is 5.92 Å². The zero-order chi connectivity index (χ0) is 15.5. The normalized spacial score (nSPS) is 22.6. The summed E-state index contributed by atoms with van der Waals surface area (Å²) >= 11 is 1.52. The number of nitrogens with zero attached hydrogens (tertiary/aromatic N) is 3. The van der Waals surface area contributed by atoms with Gasteiger partial charge in [-0.05, 0) is 31.0 Å². The maximum atomic E-state index is 11.5. The maximum Gasteiger partial charge on any atom is 0.348 e. The standard InChI is InChI=1S/C16H21N3O2S/c1-12-5-7-18(10-14(12)19-8-6-17-11-19)9-13-3-4-15(22-13)16(20)21-2/h3-4,6,8,11-12,14H,5,7,9-10H2,1-2H3/t12-,14+/m1/s1. The number of rotatable bonds is 4. The van der Waals surface area contributed by atoms with Gasteiger partial charge in [0.05, 0.1) is 13.4 Å². The van der Waals surface area contributed by atoms with Gasteiger partial charge in [-0.25, -0.2) is 9.78 Å². The first kappa shape index (κ1) is 15.2. The van der Waals surface area contributed by atoms with Crippen LogP contribution in [0.5, 0.6) is 0 Å². The van der Waals surface area contributed by atoms with Crippen LogP contribution in [0, 0.1) is 5.92 Å². The third-order valence-corrected chi connectivity index (χ3v) is 5.39. The van der Waals surface area contributed by atoms with E-state index in [1.807, 2.05) is 30.9 Å². The van der Waals surface area contributed by atoms with E-state index >= 15 is 0 Å². The van der Waals surface area contributed by atoms with Crippen LogP contribution in [-0.4, -0.2) is 40.6 Å². The van der Waals surface area contributed by atoms with E-state index in [-0.39, 0.29) is 5.97 Å². The maximum absolute atomic E-state index is 11.5. The lowest BCUT2D eigenvalue weighted by atomic mass is 9.93. The van der Waals surface area contributed by atoms with Crippen LogP contribution in [0.15, 0.2) is 30.9 Å². The molecule has 5 nitrogen and oxygen atoms in total. The van der Waals surface area contributed by atoms with Gasteiger partial charge in [0.15, 0.2) is 0 Å². The number of carbonyl (C=O) groups is 1. The molecule has 1 saturated heterocycles. The zero-order valence-corrected chi connectivity index (χ0v) is 13.8. The summed E-state index contributed by atoms with van der Waals surface area (Å²) in [5, 5.41) is 0. The van der Waals surface area contributed by atoms with E-state index in [9.17, 15) is 4.79 Å². The number of ether oxygens (including phenoxy) is 1.